The molecule has 2 aliphatic heterocycles. The Morgan fingerprint density at radius 2 is 2.06 bits per heavy atom. The Labute approximate surface area is 189 Å². The first-order chi connectivity index (χ1) is 15.1. The molecule has 2 bridgehead atoms. The van der Waals surface area contributed by atoms with Crippen molar-refractivity contribution in [1.29, 1.82) is 0 Å². The highest BCUT2D eigenvalue weighted by molar-refractivity contribution is 5.90. The van der Waals surface area contributed by atoms with Gasteiger partial charge < -0.3 is 14.6 Å². The topological polar surface area (TPSA) is 76.1 Å². The maximum atomic E-state index is 13.1. The van der Waals surface area contributed by atoms with Crippen LogP contribution in [0.2, 0.25) is 0 Å². The Kier molecular flexibility index (Phi) is 4.24. The van der Waals surface area contributed by atoms with Gasteiger partial charge >= 0.3 is 5.97 Å². The van der Waals surface area contributed by atoms with Gasteiger partial charge in [0, 0.05) is 24.6 Å². The highest BCUT2D eigenvalue weighted by Crippen LogP contribution is 2.65. The Hall–Kier alpha value is -1.92. The summed E-state index contributed by atoms with van der Waals surface area (Å²) in [4.78, 5) is 28.2. The molecule has 6 heteroatoms. The van der Waals surface area contributed by atoms with Crippen LogP contribution in [0.3, 0.4) is 0 Å². The Bertz CT molecular complexity index is 1010. The van der Waals surface area contributed by atoms with Gasteiger partial charge in [0.2, 0.25) is 0 Å². The van der Waals surface area contributed by atoms with Crippen molar-refractivity contribution in [2.75, 3.05) is 13.1 Å². The Balaban J connectivity index is 1.44. The number of Topliss-reactive ketones (excluding diaryl/α,β-unsaturated/α-hetero) is 1. The van der Waals surface area contributed by atoms with Crippen LogP contribution in [-0.2, 0) is 21.4 Å². The van der Waals surface area contributed by atoms with Gasteiger partial charge in [-0.2, -0.15) is 0 Å². The fourth-order valence-electron chi connectivity index (χ4n) is 6.93. The van der Waals surface area contributed by atoms with Crippen LogP contribution >= 0.6 is 0 Å². The van der Waals surface area contributed by atoms with Gasteiger partial charge in [-0.05, 0) is 61.6 Å². The van der Waals surface area contributed by atoms with E-state index in [1.54, 1.807) is 0 Å². The van der Waals surface area contributed by atoms with Gasteiger partial charge in [-0.1, -0.05) is 26.8 Å². The second kappa shape index (κ2) is 6.57. The number of carbonyl (C=O) groups is 2. The molecule has 6 rings (SSSR count). The molecule has 1 aromatic rings. The number of ketones is 1. The summed E-state index contributed by atoms with van der Waals surface area (Å²) in [5.41, 5.74) is 0.147. The molecule has 0 amide bonds. The normalized spacial score (nSPS) is 35.3. The average molecular weight is 440 g/mol. The quantitative estimate of drug-likeness (QED) is 0.574. The summed E-state index contributed by atoms with van der Waals surface area (Å²) in [6.07, 6.45) is 4.41. The zero-order valence-corrected chi connectivity index (χ0v) is 19.3. The Morgan fingerprint density at radius 3 is 2.78 bits per heavy atom. The zero-order valence-electron chi connectivity index (χ0n) is 19.3. The van der Waals surface area contributed by atoms with E-state index in [0.717, 1.165) is 36.6 Å². The van der Waals surface area contributed by atoms with Crippen LogP contribution in [-0.4, -0.2) is 52.6 Å². The average Bonchev–Trinajstić information content (AvgIpc) is 3.43. The monoisotopic (exact) mass is 439 g/mol. The minimum Gasteiger partial charge on any atom is -0.477 e. The molecule has 2 saturated carbocycles. The van der Waals surface area contributed by atoms with Crippen LogP contribution in [0.4, 0.5) is 0 Å². The molecule has 3 fully saturated rings. The number of hydrogen-bond donors (Lipinski definition) is 1. The number of carbonyl (C=O) groups excluding carboxylic acids is 2. The van der Waals surface area contributed by atoms with E-state index in [0.29, 0.717) is 37.2 Å². The fraction of sp³-hybridized carbons (Fsp3) is 0.692. The smallest absolute Gasteiger partial charge is 0.311 e. The maximum absolute atomic E-state index is 13.1. The Morgan fingerprint density at radius 1 is 1.28 bits per heavy atom. The van der Waals surface area contributed by atoms with E-state index in [-0.39, 0.29) is 23.2 Å². The number of aliphatic hydroxyl groups is 1. The van der Waals surface area contributed by atoms with E-state index in [4.69, 9.17) is 9.47 Å². The van der Waals surface area contributed by atoms with Crippen molar-refractivity contribution in [2.45, 2.75) is 88.9 Å². The molecule has 0 radical (unpaired) electrons. The second-order valence-corrected chi connectivity index (χ2v) is 11.9. The van der Waals surface area contributed by atoms with E-state index in [1.807, 2.05) is 32.9 Å². The van der Waals surface area contributed by atoms with Gasteiger partial charge in [-0.25, -0.2) is 0 Å². The van der Waals surface area contributed by atoms with Crippen LogP contribution < -0.4 is 9.47 Å². The number of nitrogens with zero attached hydrogens (tertiary/aromatic N) is 1. The molecule has 4 atom stereocenters. The lowest BCUT2D eigenvalue weighted by molar-refractivity contribution is -0.188. The number of likely N-dealkylation sites (tertiary alicyclic amines) is 1. The molecule has 6 nitrogen and oxygen atoms in total. The van der Waals surface area contributed by atoms with E-state index >= 15 is 0 Å². The summed E-state index contributed by atoms with van der Waals surface area (Å²) in [7, 11) is 0. The number of piperidine rings is 1. The van der Waals surface area contributed by atoms with Crippen molar-refractivity contribution in [3.05, 3.63) is 23.3 Å². The third-order valence-electron chi connectivity index (χ3n) is 8.44. The fourth-order valence-corrected chi connectivity index (χ4v) is 6.93. The van der Waals surface area contributed by atoms with Gasteiger partial charge in [-0.15, -0.1) is 0 Å². The highest BCUT2D eigenvalue weighted by atomic mass is 16.6. The molecule has 3 aliphatic carbocycles. The van der Waals surface area contributed by atoms with Gasteiger partial charge in [0.25, 0.3) is 0 Å². The van der Waals surface area contributed by atoms with Gasteiger partial charge in [-0.3, -0.25) is 14.5 Å². The van der Waals surface area contributed by atoms with Crippen molar-refractivity contribution >= 4 is 11.8 Å². The minimum atomic E-state index is -0.995. The summed E-state index contributed by atoms with van der Waals surface area (Å²) >= 11 is 0. The molecule has 1 saturated heterocycles. The summed E-state index contributed by atoms with van der Waals surface area (Å²) < 4.78 is 12.1. The SMILES string of the molecule is CC(C)(C)CC(=O)Oc1ccc2c3c1O[C@H]1C(=O)CC[C@@]4(O)C(C2)N(CC2CC2)CC[C@]314. The summed E-state index contributed by atoms with van der Waals surface area (Å²) in [5.74, 6) is 1.39. The molecule has 32 heavy (non-hydrogen) atoms. The van der Waals surface area contributed by atoms with Crippen LogP contribution in [0.1, 0.15) is 70.4 Å². The van der Waals surface area contributed by atoms with E-state index in [9.17, 15) is 14.7 Å². The number of hydrogen-bond acceptors (Lipinski definition) is 6. The van der Waals surface area contributed by atoms with Gasteiger partial charge in [0.1, 0.15) is 0 Å². The summed E-state index contributed by atoms with van der Waals surface area (Å²) in [6, 6.07) is 3.85. The first kappa shape index (κ1) is 20.7. The maximum Gasteiger partial charge on any atom is 0.311 e. The molecule has 1 unspecified atom stereocenters. The highest BCUT2D eigenvalue weighted by Gasteiger charge is 2.73. The van der Waals surface area contributed by atoms with Gasteiger partial charge in [0.05, 0.1) is 17.4 Å². The van der Waals surface area contributed by atoms with Crippen LogP contribution in [0.15, 0.2) is 12.1 Å². The molecule has 1 aromatic carbocycles. The molecular formula is C26H33NO5. The zero-order chi connectivity index (χ0) is 22.5. The van der Waals surface area contributed by atoms with Crippen molar-refractivity contribution < 1.29 is 24.2 Å². The van der Waals surface area contributed by atoms with Crippen molar-refractivity contribution in [3.63, 3.8) is 0 Å². The van der Waals surface area contributed by atoms with Crippen LogP contribution in [0.5, 0.6) is 11.5 Å². The second-order valence-electron chi connectivity index (χ2n) is 11.9. The lowest BCUT2D eigenvalue weighted by Crippen LogP contribution is -2.76. The van der Waals surface area contributed by atoms with Crippen molar-refractivity contribution in [3.8, 4) is 11.5 Å². The predicted molar refractivity (Wildman–Crippen MR) is 118 cm³/mol. The lowest BCUT2D eigenvalue weighted by atomic mass is 9.49. The van der Waals surface area contributed by atoms with E-state index < -0.39 is 17.1 Å². The van der Waals surface area contributed by atoms with Crippen molar-refractivity contribution in [2.24, 2.45) is 11.3 Å². The number of ether oxygens (including phenoxy) is 2. The first-order valence-corrected chi connectivity index (χ1v) is 12.2. The third-order valence-corrected chi connectivity index (χ3v) is 8.44. The lowest BCUT2D eigenvalue weighted by Gasteiger charge is -2.62. The summed E-state index contributed by atoms with van der Waals surface area (Å²) in [5, 5.41) is 12.3. The number of rotatable bonds is 4. The van der Waals surface area contributed by atoms with Gasteiger partial charge in [0.15, 0.2) is 23.4 Å². The largest absolute Gasteiger partial charge is 0.477 e. The van der Waals surface area contributed by atoms with E-state index in [1.165, 1.54) is 12.8 Å². The molecule has 1 spiro atoms. The molecule has 0 aromatic heterocycles. The third kappa shape index (κ3) is 2.78. The molecule has 2 heterocycles. The molecular weight excluding hydrogens is 406 g/mol. The molecule has 5 aliphatic rings. The van der Waals surface area contributed by atoms with Crippen LogP contribution in [0, 0.1) is 11.3 Å². The van der Waals surface area contributed by atoms with E-state index in [2.05, 4.69) is 4.90 Å². The predicted octanol–water partition coefficient (Wildman–Crippen LogP) is 3.16. The first-order valence-electron chi connectivity index (χ1n) is 12.2. The van der Waals surface area contributed by atoms with Crippen molar-refractivity contribution in [1.82, 2.24) is 4.90 Å². The number of benzene rings is 1. The summed E-state index contributed by atoms with van der Waals surface area (Å²) in [6.45, 7) is 7.90. The van der Waals surface area contributed by atoms with Crippen LogP contribution in [0.25, 0.3) is 0 Å². The molecule has 1 N–H and O–H groups in total. The minimum absolute atomic E-state index is 0.00351. The number of esters is 1. The standard InChI is InChI=1S/C26H33NO5/c1-24(2,3)13-20(29)31-18-7-6-16-12-19-26(30)9-8-17(28)23-25(26,21(16)22(18)32-23)10-11-27(19)14-15-4-5-15/h6-7,15,19,23,30H,4-5,8-14H2,1-3H3/t19?,23-,25-,26+/m0/s1. The molecule has 172 valence electrons.